The Bertz CT molecular complexity index is 660. The number of hydrogen-bond acceptors (Lipinski definition) is 6. The van der Waals surface area contributed by atoms with Gasteiger partial charge in [-0.25, -0.2) is 14.6 Å². The third kappa shape index (κ3) is 4.08. The van der Waals surface area contributed by atoms with Gasteiger partial charge in [-0.05, 0) is 31.2 Å². The van der Waals surface area contributed by atoms with E-state index in [-0.39, 0.29) is 0 Å². The van der Waals surface area contributed by atoms with Crippen molar-refractivity contribution in [3.8, 4) is 0 Å². The van der Waals surface area contributed by atoms with E-state index in [1.165, 1.54) is 25.8 Å². The van der Waals surface area contributed by atoms with Crippen LogP contribution >= 0.6 is 11.8 Å². The molecule has 0 bridgehead atoms. The lowest BCUT2D eigenvalue weighted by Gasteiger charge is -2.12. The minimum Gasteiger partial charge on any atom is -0.466 e. The van der Waals surface area contributed by atoms with Crippen LogP contribution in [0.3, 0.4) is 0 Å². The van der Waals surface area contributed by atoms with E-state index >= 15 is 0 Å². The maximum atomic E-state index is 12.2. The predicted octanol–water partition coefficient (Wildman–Crippen LogP) is 2.95. The summed E-state index contributed by atoms with van der Waals surface area (Å²) >= 11 is 1.36. The minimum absolute atomic E-state index is 0.312. The van der Waals surface area contributed by atoms with Gasteiger partial charge in [0.15, 0.2) is 6.10 Å². The summed E-state index contributed by atoms with van der Waals surface area (Å²) in [6, 6.07) is 12.8. The summed E-state index contributed by atoms with van der Waals surface area (Å²) in [5, 5.41) is 0.524. The molecule has 2 rings (SSSR count). The largest absolute Gasteiger partial charge is 0.466 e. The lowest BCUT2D eigenvalue weighted by molar-refractivity contribution is -0.149. The maximum Gasteiger partial charge on any atom is 0.346 e. The Morgan fingerprint density at radius 3 is 2.55 bits per heavy atom. The van der Waals surface area contributed by atoms with E-state index in [1.807, 2.05) is 30.3 Å². The van der Waals surface area contributed by atoms with E-state index in [0.29, 0.717) is 10.6 Å². The van der Waals surface area contributed by atoms with Gasteiger partial charge in [0.05, 0.1) is 12.7 Å². The first-order valence-corrected chi connectivity index (χ1v) is 7.40. The van der Waals surface area contributed by atoms with Crippen LogP contribution in [0.5, 0.6) is 0 Å². The molecular weight excluding hydrogens is 302 g/mol. The van der Waals surface area contributed by atoms with E-state index in [2.05, 4.69) is 9.72 Å². The number of benzene rings is 1. The van der Waals surface area contributed by atoms with Crippen LogP contribution in [0.25, 0.3) is 0 Å². The van der Waals surface area contributed by atoms with E-state index in [1.54, 1.807) is 18.3 Å². The van der Waals surface area contributed by atoms with Crippen LogP contribution in [0, 0.1) is 0 Å². The Labute approximate surface area is 132 Å². The molecule has 0 saturated heterocycles. The van der Waals surface area contributed by atoms with Crippen molar-refractivity contribution < 1.29 is 19.1 Å². The number of esters is 2. The van der Waals surface area contributed by atoms with Crippen LogP contribution in [0.2, 0.25) is 0 Å². The van der Waals surface area contributed by atoms with Gasteiger partial charge in [0, 0.05) is 11.1 Å². The fourth-order valence-corrected chi connectivity index (χ4v) is 2.56. The number of carbonyl (C=O) groups excluding carboxylic acids is 2. The number of hydrogen-bond donors (Lipinski definition) is 0. The zero-order chi connectivity index (χ0) is 15.9. The summed E-state index contributed by atoms with van der Waals surface area (Å²) in [4.78, 5) is 28.7. The molecule has 1 atom stereocenters. The standard InChI is InChI=1S/C16H15NO4S/c1-11(15(18)20-2)21-16(19)13-9-6-10-17-14(13)22-12-7-4-3-5-8-12/h3-11H,1-2H3. The minimum atomic E-state index is -0.965. The average Bonchev–Trinajstić information content (AvgIpc) is 2.55. The summed E-state index contributed by atoms with van der Waals surface area (Å²) in [6.45, 7) is 1.46. The molecule has 114 valence electrons. The number of ether oxygens (including phenoxy) is 2. The van der Waals surface area contributed by atoms with Gasteiger partial charge in [0.2, 0.25) is 0 Å². The van der Waals surface area contributed by atoms with E-state index in [4.69, 9.17) is 4.74 Å². The SMILES string of the molecule is COC(=O)C(C)OC(=O)c1cccnc1Sc1ccccc1. The van der Waals surface area contributed by atoms with Crippen molar-refractivity contribution in [2.24, 2.45) is 0 Å². The predicted molar refractivity (Wildman–Crippen MR) is 81.7 cm³/mol. The van der Waals surface area contributed by atoms with E-state index < -0.39 is 18.0 Å². The molecule has 5 nitrogen and oxygen atoms in total. The van der Waals surface area contributed by atoms with Crippen LogP contribution in [0.15, 0.2) is 58.6 Å². The van der Waals surface area contributed by atoms with Gasteiger partial charge in [-0.1, -0.05) is 30.0 Å². The molecule has 0 N–H and O–H groups in total. The number of pyridine rings is 1. The van der Waals surface area contributed by atoms with Gasteiger partial charge in [0.1, 0.15) is 5.03 Å². The fourth-order valence-electron chi connectivity index (χ4n) is 1.67. The molecule has 6 heteroatoms. The lowest BCUT2D eigenvalue weighted by atomic mass is 10.3. The van der Waals surface area contributed by atoms with Crippen LogP contribution < -0.4 is 0 Å². The molecule has 22 heavy (non-hydrogen) atoms. The summed E-state index contributed by atoms with van der Waals surface area (Å²) in [6.07, 6.45) is 0.637. The van der Waals surface area contributed by atoms with Gasteiger partial charge in [0.25, 0.3) is 0 Å². The average molecular weight is 317 g/mol. The molecule has 0 aliphatic heterocycles. The van der Waals surface area contributed by atoms with Gasteiger partial charge in [-0.2, -0.15) is 0 Å². The molecule has 1 unspecified atom stereocenters. The monoisotopic (exact) mass is 317 g/mol. The molecule has 1 heterocycles. The van der Waals surface area contributed by atoms with Crippen molar-refractivity contribution in [3.63, 3.8) is 0 Å². The summed E-state index contributed by atoms with van der Waals surface area (Å²) in [7, 11) is 1.24. The Morgan fingerprint density at radius 2 is 1.86 bits per heavy atom. The van der Waals surface area contributed by atoms with Gasteiger partial charge in [-0.3, -0.25) is 0 Å². The molecule has 0 aliphatic carbocycles. The highest BCUT2D eigenvalue weighted by atomic mass is 32.2. The summed E-state index contributed by atoms with van der Waals surface area (Å²) < 4.78 is 9.64. The van der Waals surface area contributed by atoms with Gasteiger partial charge < -0.3 is 9.47 Å². The molecule has 1 aromatic heterocycles. The molecule has 1 aromatic carbocycles. The molecule has 0 saturated carbocycles. The van der Waals surface area contributed by atoms with Crippen LogP contribution in [-0.4, -0.2) is 30.1 Å². The van der Waals surface area contributed by atoms with Crippen molar-refractivity contribution in [1.82, 2.24) is 4.98 Å². The Balaban J connectivity index is 2.17. The van der Waals surface area contributed by atoms with Crippen molar-refractivity contribution in [2.45, 2.75) is 22.9 Å². The molecule has 0 amide bonds. The van der Waals surface area contributed by atoms with Crippen molar-refractivity contribution in [2.75, 3.05) is 7.11 Å². The van der Waals surface area contributed by atoms with E-state index in [9.17, 15) is 9.59 Å². The highest BCUT2D eigenvalue weighted by Gasteiger charge is 2.22. The summed E-state index contributed by atoms with van der Waals surface area (Å²) in [5.41, 5.74) is 0.312. The molecule has 0 spiro atoms. The number of nitrogens with zero attached hydrogens (tertiary/aromatic N) is 1. The molecule has 0 aliphatic rings. The van der Waals surface area contributed by atoms with Crippen molar-refractivity contribution in [1.29, 1.82) is 0 Å². The van der Waals surface area contributed by atoms with Crippen molar-refractivity contribution >= 4 is 23.7 Å². The lowest BCUT2D eigenvalue weighted by Crippen LogP contribution is -2.25. The third-order valence-electron chi connectivity index (χ3n) is 2.77. The smallest absolute Gasteiger partial charge is 0.346 e. The van der Waals surface area contributed by atoms with E-state index in [0.717, 1.165) is 4.90 Å². The second-order valence-corrected chi connectivity index (χ2v) is 5.40. The summed E-state index contributed by atoms with van der Waals surface area (Å²) in [5.74, 6) is -1.21. The molecule has 0 fully saturated rings. The highest BCUT2D eigenvalue weighted by molar-refractivity contribution is 7.99. The molecular formula is C16H15NO4S. The van der Waals surface area contributed by atoms with Crippen LogP contribution in [-0.2, 0) is 14.3 Å². The maximum absolute atomic E-state index is 12.2. The molecule has 0 radical (unpaired) electrons. The number of rotatable bonds is 5. The number of aromatic nitrogens is 1. The van der Waals surface area contributed by atoms with Crippen LogP contribution in [0.4, 0.5) is 0 Å². The topological polar surface area (TPSA) is 65.5 Å². The Hall–Kier alpha value is -2.34. The first-order valence-electron chi connectivity index (χ1n) is 6.58. The first kappa shape index (κ1) is 16.0. The highest BCUT2D eigenvalue weighted by Crippen LogP contribution is 2.28. The fraction of sp³-hybridized carbons (Fsp3) is 0.188. The van der Waals surface area contributed by atoms with Crippen LogP contribution in [0.1, 0.15) is 17.3 Å². The normalized spacial score (nSPS) is 11.5. The zero-order valence-electron chi connectivity index (χ0n) is 12.2. The number of methoxy groups -OCH3 is 1. The second-order valence-electron chi connectivity index (χ2n) is 4.34. The Kier molecular flexibility index (Phi) is 5.55. The zero-order valence-corrected chi connectivity index (χ0v) is 13.0. The van der Waals surface area contributed by atoms with Crippen molar-refractivity contribution in [3.05, 3.63) is 54.2 Å². The quantitative estimate of drug-likeness (QED) is 0.790. The first-order chi connectivity index (χ1) is 10.6. The van der Waals surface area contributed by atoms with Gasteiger partial charge in [-0.15, -0.1) is 0 Å². The molecule has 2 aromatic rings. The second kappa shape index (κ2) is 7.61. The van der Waals surface area contributed by atoms with Gasteiger partial charge >= 0.3 is 11.9 Å². The Morgan fingerprint density at radius 1 is 1.14 bits per heavy atom. The third-order valence-corrected chi connectivity index (χ3v) is 3.79. The number of carbonyl (C=O) groups is 2.